The average molecular weight is 479 g/mol. The lowest BCUT2D eigenvalue weighted by Crippen LogP contribution is -2.40. The highest BCUT2D eigenvalue weighted by Crippen LogP contribution is 2.54. The Bertz CT molecular complexity index is 968. The predicted molar refractivity (Wildman–Crippen MR) is 150 cm³/mol. The van der Waals surface area contributed by atoms with Crippen LogP contribution in [-0.4, -0.2) is 50.1 Å². The maximum absolute atomic E-state index is 5.41. The van der Waals surface area contributed by atoms with E-state index < -0.39 is 0 Å². The molecule has 1 heterocycles. The Morgan fingerprint density at radius 3 is 2.77 bits per heavy atom. The molecule has 4 aliphatic rings. The van der Waals surface area contributed by atoms with Crippen molar-refractivity contribution in [2.75, 3.05) is 44.7 Å². The van der Waals surface area contributed by atoms with Crippen LogP contribution in [0, 0.1) is 23.7 Å². The Hall–Kier alpha value is -2.21. The van der Waals surface area contributed by atoms with Gasteiger partial charge in [-0.25, -0.2) is 4.99 Å². The first kappa shape index (κ1) is 24.5. The molecule has 5 heteroatoms. The summed E-state index contributed by atoms with van der Waals surface area (Å²) in [5.41, 5.74) is 4.86. The van der Waals surface area contributed by atoms with Crippen LogP contribution in [0.1, 0.15) is 47.4 Å². The third kappa shape index (κ3) is 6.32. The van der Waals surface area contributed by atoms with Crippen molar-refractivity contribution in [1.29, 1.82) is 0 Å². The topological polar surface area (TPSA) is 48.9 Å². The van der Waals surface area contributed by atoms with Crippen LogP contribution in [0.15, 0.2) is 65.3 Å². The predicted octanol–water partition coefficient (Wildman–Crippen LogP) is 5.88. The minimum atomic E-state index is 0. The first-order valence-corrected chi connectivity index (χ1v) is 13.6. The molecule has 35 heavy (non-hydrogen) atoms. The number of fused-ring (bicyclic) bond motifs is 2. The molecule has 1 saturated heterocycles. The number of allylic oxidation sites excluding steroid dienone is 4. The number of amidine groups is 1. The second kappa shape index (κ2) is 11.7. The summed E-state index contributed by atoms with van der Waals surface area (Å²) in [7, 11) is 0. The Labute approximate surface area is 214 Å². The van der Waals surface area contributed by atoms with Crippen LogP contribution in [0.4, 0.5) is 5.69 Å². The molecular weight excluding hydrogens is 432 g/mol. The number of anilines is 1. The maximum Gasteiger partial charge on any atom is 0.103 e. The third-order valence-electron chi connectivity index (χ3n) is 8.53. The van der Waals surface area contributed by atoms with Gasteiger partial charge >= 0.3 is 0 Å². The molecule has 1 aromatic rings. The van der Waals surface area contributed by atoms with Crippen LogP contribution in [0.5, 0.6) is 0 Å². The highest BCUT2D eigenvalue weighted by atomic mass is 16.5. The van der Waals surface area contributed by atoms with E-state index in [0.717, 1.165) is 81.6 Å². The molecule has 2 unspecified atom stereocenters. The number of ether oxygens (including phenoxy) is 1. The molecule has 5 nitrogen and oxygen atoms in total. The molecule has 2 N–H and O–H groups in total. The average Bonchev–Trinajstić information content (AvgIpc) is 3.52. The zero-order chi connectivity index (χ0) is 24.0. The van der Waals surface area contributed by atoms with Gasteiger partial charge in [-0.05, 0) is 85.1 Å². The van der Waals surface area contributed by atoms with E-state index in [4.69, 9.17) is 9.73 Å². The number of morpholine rings is 1. The second-order valence-electron chi connectivity index (χ2n) is 10.9. The number of nitrogens with one attached hydrogen (secondary N) is 2. The number of nitrogens with zero attached hydrogens (tertiary/aromatic N) is 2. The van der Waals surface area contributed by atoms with Gasteiger partial charge in [0.25, 0.3) is 0 Å². The van der Waals surface area contributed by atoms with Crippen molar-refractivity contribution in [3.8, 4) is 0 Å². The fourth-order valence-corrected chi connectivity index (χ4v) is 6.56. The molecule has 2 bridgehead atoms. The number of rotatable bonds is 8. The van der Waals surface area contributed by atoms with Crippen molar-refractivity contribution in [2.24, 2.45) is 28.7 Å². The number of hydrogen-bond acceptors (Lipinski definition) is 4. The first-order chi connectivity index (χ1) is 17.2. The maximum atomic E-state index is 5.41. The smallest absolute Gasteiger partial charge is 0.103 e. The zero-order valence-corrected chi connectivity index (χ0v) is 21.3. The molecule has 1 aliphatic heterocycles. The van der Waals surface area contributed by atoms with E-state index in [0.29, 0.717) is 5.92 Å². The van der Waals surface area contributed by atoms with E-state index >= 15 is 0 Å². The van der Waals surface area contributed by atoms with Crippen molar-refractivity contribution in [3.63, 3.8) is 0 Å². The molecular formula is C30H46N4O. The summed E-state index contributed by atoms with van der Waals surface area (Å²) >= 11 is 0. The quantitative estimate of drug-likeness (QED) is 0.278. The molecule has 5 rings (SSSR count). The van der Waals surface area contributed by atoms with Gasteiger partial charge in [-0.2, -0.15) is 0 Å². The van der Waals surface area contributed by atoms with Crippen LogP contribution < -0.4 is 10.6 Å². The van der Waals surface area contributed by atoms with Gasteiger partial charge in [0.05, 0.1) is 13.2 Å². The molecule has 2 saturated carbocycles. The van der Waals surface area contributed by atoms with Crippen LogP contribution >= 0.6 is 0 Å². The van der Waals surface area contributed by atoms with E-state index in [1.165, 1.54) is 42.4 Å². The zero-order valence-electron chi connectivity index (χ0n) is 21.3. The summed E-state index contributed by atoms with van der Waals surface area (Å²) < 4.78 is 5.41. The lowest BCUT2D eigenvalue weighted by atomic mass is 9.71. The normalized spacial score (nSPS) is 30.4. The molecule has 0 aromatic heterocycles. The van der Waals surface area contributed by atoms with Crippen molar-refractivity contribution < 1.29 is 7.59 Å². The summed E-state index contributed by atoms with van der Waals surface area (Å²) in [6.07, 6.45) is 13.5. The second-order valence-corrected chi connectivity index (χ2v) is 10.9. The van der Waals surface area contributed by atoms with Gasteiger partial charge in [0.1, 0.15) is 5.84 Å². The third-order valence-corrected chi connectivity index (χ3v) is 8.53. The lowest BCUT2D eigenvalue weighted by Gasteiger charge is -2.33. The first-order valence-electron chi connectivity index (χ1n) is 13.6. The fourth-order valence-electron chi connectivity index (χ4n) is 6.56. The molecule has 192 valence electrons. The number of benzene rings is 1. The van der Waals surface area contributed by atoms with Gasteiger partial charge in [-0.15, -0.1) is 0 Å². The minimum Gasteiger partial charge on any atom is -0.379 e. The summed E-state index contributed by atoms with van der Waals surface area (Å²) in [5, 5.41) is 6.99. The minimum absolute atomic E-state index is 0. The van der Waals surface area contributed by atoms with Gasteiger partial charge in [-0.1, -0.05) is 37.3 Å². The van der Waals surface area contributed by atoms with Gasteiger partial charge in [0.15, 0.2) is 0 Å². The van der Waals surface area contributed by atoms with E-state index in [1.54, 1.807) is 0 Å². The highest BCUT2D eigenvalue weighted by Gasteiger charge is 2.43. The Morgan fingerprint density at radius 2 is 2.03 bits per heavy atom. The monoisotopic (exact) mass is 478 g/mol. The molecule has 0 spiro atoms. The molecule has 0 radical (unpaired) electrons. The van der Waals surface area contributed by atoms with Crippen molar-refractivity contribution >= 4 is 11.5 Å². The lowest BCUT2D eigenvalue weighted by molar-refractivity contribution is 0.0384. The van der Waals surface area contributed by atoms with Gasteiger partial charge in [0, 0.05) is 47.5 Å². The SMILES string of the molecule is C=C1/C(=C\N=C(C)Nc2ccc(CNCCN3CCOCC3)cc2)C=CCC1[C@H]1C[C@@H]2CCC1C2.[HH].[HH]. The van der Waals surface area contributed by atoms with Crippen LogP contribution in [0.25, 0.3) is 0 Å². The van der Waals surface area contributed by atoms with E-state index in [-0.39, 0.29) is 2.85 Å². The van der Waals surface area contributed by atoms with E-state index in [2.05, 4.69) is 58.5 Å². The largest absolute Gasteiger partial charge is 0.379 e. The molecule has 3 fully saturated rings. The fraction of sp³-hybridized carbons (Fsp3) is 0.567. The summed E-state index contributed by atoms with van der Waals surface area (Å²) in [5.74, 6) is 4.27. The van der Waals surface area contributed by atoms with Crippen LogP contribution in [0.2, 0.25) is 0 Å². The van der Waals surface area contributed by atoms with Crippen molar-refractivity contribution in [1.82, 2.24) is 10.2 Å². The Kier molecular flexibility index (Phi) is 8.17. The number of aliphatic imine (C=N–C) groups is 1. The van der Waals surface area contributed by atoms with Gasteiger partial charge < -0.3 is 15.4 Å². The van der Waals surface area contributed by atoms with Crippen molar-refractivity contribution in [3.05, 3.63) is 65.9 Å². The van der Waals surface area contributed by atoms with Crippen LogP contribution in [0.3, 0.4) is 0 Å². The van der Waals surface area contributed by atoms with Gasteiger partial charge in [0.2, 0.25) is 0 Å². The summed E-state index contributed by atoms with van der Waals surface area (Å²) in [4.78, 5) is 7.19. The molecule has 0 amide bonds. The number of hydrogen-bond donors (Lipinski definition) is 2. The molecule has 1 aromatic carbocycles. The van der Waals surface area contributed by atoms with Crippen molar-refractivity contribution in [2.45, 2.75) is 45.6 Å². The van der Waals surface area contributed by atoms with E-state index in [1.807, 2.05) is 13.1 Å². The van der Waals surface area contributed by atoms with Gasteiger partial charge in [-0.3, -0.25) is 4.90 Å². The van der Waals surface area contributed by atoms with E-state index in [9.17, 15) is 0 Å². The standard InChI is InChI=1S/C30H42N4O.2H2/c1-22-27(4-3-5-29(22)30-19-25-6-9-26(30)18-25)21-32-23(2)33-28-10-7-24(8-11-28)20-31-12-13-34-14-16-35-17-15-34;;/h3-4,7-8,10-11,21,25-26,29-31H,1,5-6,9,12-20H2,2H3,(H,32,33);2*1H/b27-21-;;/t25-,26?,29?,30+;;/m1../s1. The van der Waals surface area contributed by atoms with Crippen LogP contribution in [-0.2, 0) is 11.3 Å². The summed E-state index contributed by atoms with van der Waals surface area (Å²) in [6, 6.07) is 8.63. The Balaban J connectivity index is 0.00000190. The Morgan fingerprint density at radius 1 is 1.20 bits per heavy atom. The highest BCUT2D eigenvalue weighted by molar-refractivity contribution is 5.93. The molecule has 3 aliphatic carbocycles. The molecule has 4 atom stereocenters. The summed E-state index contributed by atoms with van der Waals surface area (Å²) in [6.45, 7) is 13.3.